The summed E-state index contributed by atoms with van der Waals surface area (Å²) >= 11 is 0. The van der Waals surface area contributed by atoms with Gasteiger partial charge in [-0.25, -0.2) is 0 Å². The molecule has 0 spiro atoms. The molecular weight excluding hydrogens is 231 g/mol. The molecular formula is C12H12F3NO. The first-order chi connectivity index (χ1) is 7.93. The van der Waals surface area contributed by atoms with Crippen molar-refractivity contribution in [3.63, 3.8) is 0 Å². The zero-order chi connectivity index (χ0) is 12.6. The lowest BCUT2D eigenvalue weighted by molar-refractivity contribution is -0.137. The van der Waals surface area contributed by atoms with E-state index in [1.165, 1.54) is 17.0 Å². The van der Waals surface area contributed by atoms with E-state index in [4.69, 9.17) is 0 Å². The molecule has 0 aliphatic carbocycles. The smallest absolute Gasteiger partial charge is 0.311 e. The van der Waals surface area contributed by atoms with Gasteiger partial charge >= 0.3 is 6.18 Å². The average molecular weight is 243 g/mol. The highest BCUT2D eigenvalue weighted by Crippen LogP contribution is 2.32. The second kappa shape index (κ2) is 4.05. The number of anilines is 1. The highest BCUT2D eigenvalue weighted by Gasteiger charge is 2.36. The number of carbonyl (C=O) groups excluding carboxylic acids is 1. The molecule has 1 aromatic carbocycles. The molecule has 0 N–H and O–H groups in total. The van der Waals surface area contributed by atoms with Gasteiger partial charge in [-0.2, -0.15) is 13.2 Å². The van der Waals surface area contributed by atoms with Gasteiger partial charge in [0, 0.05) is 12.2 Å². The van der Waals surface area contributed by atoms with Crippen molar-refractivity contribution < 1.29 is 18.0 Å². The van der Waals surface area contributed by atoms with E-state index in [1.807, 2.05) is 6.92 Å². The van der Waals surface area contributed by atoms with Crippen LogP contribution in [0, 0.1) is 5.92 Å². The number of benzene rings is 1. The van der Waals surface area contributed by atoms with E-state index in [1.54, 1.807) is 0 Å². The predicted molar refractivity (Wildman–Crippen MR) is 57.6 cm³/mol. The zero-order valence-electron chi connectivity index (χ0n) is 9.29. The average Bonchev–Trinajstić information content (AvgIpc) is 2.27. The quantitative estimate of drug-likeness (QED) is 0.731. The van der Waals surface area contributed by atoms with E-state index < -0.39 is 11.7 Å². The van der Waals surface area contributed by atoms with Crippen LogP contribution in [0.15, 0.2) is 24.3 Å². The Morgan fingerprint density at radius 2 is 1.88 bits per heavy atom. The zero-order valence-corrected chi connectivity index (χ0v) is 9.29. The number of rotatable bonds is 2. The van der Waals surface area contributed by atoms with Crippen LogP contribution in [0.5, 0.6) is 0 Å². The molecule has 17 heavy (non-hydrogen) atoms. The van der Waals surface area contributed by atoms with E-state index in [0.29, 0.717) is 12.2 Å². The van der Waals surface area contributed by atoms with Gasteiger partial charge in [-0.15, -0.1) is 0 Å². The Balaban J connectivity index is 2.13. The van der Waals surface area contributed by atoms with Gasteiger partial charge in [0.15, 0.2) is 0 Å². The van der Waals surface area contributed by atoms with Crippen molar-refractivity contribution in [1.82, 2.24) is 0 Å². The van der Waals surface area contributed by atoms with Crippen molar-refractivity contribution >= 4 is 11.6 Å². The molecule has 1 fully saturated rings. The summed E-state index contributed by atoms with van der Waals surface area (Å²) in [5.41, 5.74) is -0.158. The molecule has 1 aromatic rings. The van der Waals surface area contributed by atoms with E-state index in [-0.39, 0.29) is 11.8 Å². The summed E-state index contributed by atoms with van der Waals surface area (Å²) in [4.78, 5) is 13.1. The summed E-state index contributed by atoms with van der Waals surface area (Å²) in [6.45, 7) is 2.52. The molecule has 2 rings (SSSR count). The fourth-order valence-electron chi connectivity index (χ4n) is 1.86. The summed E-state index contributed by atoms with van der Waals surface area (Å²) in [5.74, 6) is 0.0181. The molecule has 0 bridgehead atoms. The monoisotopic (exact) mass is 243 g/mol. The van der Waals surface area contributed by atoms with Crippen molar-refractivity contribution in [3.8, 4) is 0 Å². The number of amides is 1. The number of alkyl halides is 3. The van der Waals surface area contributed by atoms with Crippen LogP contribution in [0.25, 0.3) is 0 Å². The van der Waals surface area contributed by atoms with Gasteiger partial charge in [-0.05, 0) is 30.7 Å². The molecule has 1 atom stereocenters. The van der Waals surface area contributed by atoms with Crippen molar-refractivity contribution in [2.24, 2.45) is 5.92 Å². The predicted octanol–water partition coefficient (Wildman–Crippen LogP) is 3.08. The van der Waals surface area contributed by atoms with Crippen molar-refractivity contribution in [2.45, 2.75) is 19.5 Å². The molecule has 1 heterocycles. The van der Waals surface area contributed by atoms with Crippen LogP contribution in [0.2, 0.25) is 0 Å². The van der Waals surface area contributed by atoms with Crippen molar-refractivity contribution in [2.75, 3.05) is 11.4 Å². The van der Waals surface area contributed by atoms with Gasteiger partial charge in [0.25, 0.3) is 0 Å². The first kappa shape index (κ1) is 12.0. The molecule has 0 saturated carbocycles. The van der Waals surface area contributed by atoms with Gasteiger partial charge in [0.1, 0.15) is 0 Å². The lowest BCUT2D eigenvalue weighted by Gasteiger charge is -2.38. The number of halogens is 3. The second-order valence-electron chi connectivity index (χ2n) is 4.10. The lowest BCUT2D eigenvalue weighted by atomic mass is 9.95. The standard InChI is InChI=1S/C12H12F3NO/c1-2-8-7-16(11(8)17)10-5-3-9(4-6-10)12(13,14)15/h3-6,8H,2,7H2,1H3/t8-/m1/s1. The molecule has 1 aliphatic heterocycles. The first-order valence-electron chi connectivity index (χ1n) is 5.42. The summed E-state index contributed by atoms with van der Waals surface area (Å²) in [5, 5.41) is 0. The van der Waals surface area contributed by atoms with Crippen LogP contribution in [0.1, 0.15) is 18.9 Å². The third-order valence-electron chi connectivity index (χ3n) is 3.02. The Kier molecular flexibility index (Phi) is 2.85. The third kappa shape index (κ3) is 2.14. The van der Waals surface area contributed by atoms with Crippen LogP contribution >= 0.6 is 0 Å². The Bertz CT molecular complexity index is 424. The number of β-lactam (4-membered cyclic amide) rings is 1. The summed E-state index contributed by atoms with van der Waals surface area (Å²) in [7, 11) is 0. The molecule has 5 heteroatoms. The first-order valence-corrected chi connectivity index (χ1v) is 5.42. The molecule has 0 unspecified atom stereocenters. The number of hydrogen-bond donors (Lipinski definition) is 0. The van der Waals surface area contributed by atoms with E-state index in [0.717, 1.165) is 18.6 Å². The maximum Gasteiger partial charge on any atom is 0.416 e. The number of nitrogens with zero attached hydrogens (tertiary/aromatic N) is 1. The minimum absolute atomic E-state index is 0.00717. The van der Waals surface area contributed by atoms with E-state index in [9.17, 15) is 18.0 Å². The van der Waals surface area contributed by atoms with Crippen LogP contribution in [0.3, 0.4) is 0 Å². The molecule has 2 nitrogen and oxygen atoms in total. The normalized spacial score (nSPS) is 20.4. The molecule has 0 radical (unpaired) electrons. The molecule has 0 aromatic heterocycles. The lowest BCUT2D eigenvalue weighted by Crippen LogP contribution is -2.52. The van der Waals surface area contributed by atoms with Crippen molar-refractivity contribution in [3.05, 3.63) is 29.8 Å². The Morgan fingerprint density at radius 3 is 2.29 bits per heavy atom. The van der Waals surface area contributed by atoms with Gasteiger partial charge in [-0.3, -0.25) is 4.79 Å². The van der Waals surface area contributed by atoms with Gasteiger partial charge in [0.05, 0.1) is 11.5 Å². The Labute approximate surface area is 97.0 Å². The topological polar surface area (TPSA) is 20.3 Å². The van der Waals surface area contributed by atoms with Crippen LogP contribution in [-0.4, -0.2) is 12.5 Å². The van der Waals surface area contributed by atoms with Crippen molar-refractivity contribution in [1.29, 1.82) is 0 Å². The SMILES string of the molecule is CC[C@@H]1CN(c2ccc(C(F)(F)F)cc2)C1=O. The van der Waals surface area contributed by atoms with E-state index in [2.05, 4.69) is 0 Å². The molecule has 92 valence electrons. The fraction of sp³-hybridized carbons (Fsp3) is 0.417. The molecule has 1 saturated heterocycles. The fourth-order valence-corrected chi connectivity index (χ4v) is 1.86. The van der Waals surface area contributed by atoms with Crippen LogP contribution in [0.4, 0.5) is 18.9 Å². The highest BCUT2D eigenvalue weighted by molar-refractivity contribution is 6.01. The Hall–Kier alpha value is -1.52. The molecule has 1 aliphatic rings. The van der Waals surface area contributed by atoms with E-state index >= 15 is 0 Å². The van der Waals surface area contributed by atoms with Gasteiger partial charge < -0.3 is 4.90 Å². The summed E-state index contributed by atoms with van der Waals surface area (Å²) in [6.07, 6.45) is -3.56. The third-order valence-corrected chi connectivity index (χ3v) is 3.02. The number of carbonyl (C=O) groups is 1. The molecule has 1 amide bonds. The highest BCUT2D eigenvalue weighted by atomic mass is 19.4. The van der Waals surface area contributed by atoms with Crippen LogP contribution < -0.4 is 4.90 Å². The minimum atomic E-state index is -4.33. The Morgan fingerprint density at radius 1 is 1.29 bits per heavy atom. The summed E-state index contributed by atoms with van der Waals surface area (Å²) in [6, 6.07) is 4.68. The minimum Gasteiger partial charge on any atom is -0.311 e. The van der Waals surface area contributed by atoms with Gasteiger partial charge in [-0.1, -0.05) is 6.92 Å². The summed E-state index contributed by atoms with van der Waals surface area (Å²) < 4.78 is 37.0. The largest absolute Gasteiger partial charge is 0.416 e. The maximum absolute atomic E-state index is 12.3. The second-order valence-corrected chi connectivity index (χ2v) is 4.10. The van der Waals surface area contributed by atoms with Gasteiger partial charge in [0.2, 0.25) is 5.91 Å². The maximum atomic E-state index is 12.3. The van der Waals surface area contributed by atoms with Crippen LogP contribution in [-0.2, 0) is 11.0 Å². The number of hydrogen-bond acceptors (Lipinski definition) is 1.